The largest absolute Gasteiger partial charge is 0.497 e. The molecule has 0 spiro atoms. The summed E-state index contributed by atoms with van der Waals surface area (Å²) in [5.41, 5.74) is 1.01. The molecule has 11 nitrogen and oxygen atoms in total. The number of nitrogens with zero attached hydrogens (tertiary/aromatic N) is 4. The molecule has 5 rings (SSSR count). The number of amides is 2. The van der Waals surface area contributed by atoms with E-state index in [0.717, 1.165) is 11.1 Å². The number of fused-ring (bicyclic) bond motifs is 4. The van der Waals surface area contributed by atoms with E-state index in [9.17, 15) is 19.2 Å². The van der Waals surface area contributed by atoms with Crippen molar-refractivity contribution in [3.8, 4) is 5.75 Å². The zero-order valence-electron chi connectivity index (χ0n) is 27.1. The van der Waals surface area contributed by atoms with Crippen LogP contribution in [0.5, 0.6) is 5.75 Å². The normalized spacial score (nSPS) is 11.6. The number of rotatable bonds is 11. The van der Waals surface area contributed by atoms with E-state index in [2.05, 4.69) is 10.6 Å². The monoisotopic (exact) mass is 624 g/mol. The molecular weight excluding hydrogens is 584 g/mol. The molecule has 0 aliphatic rings. The summed E-state index contributed by atoms with van der Waals surface area (Å²) >= 11 is 0. The Morgan fingerprint density at radius 2 is 1.41 bits per heavy atom. The lowest BCUT2D eigenvalue weighted by molar-refractivity contribution is 0.0917. The minimum Gasteiger partial charge on any atom is -0.497 e. The van der Waals surface area contributed by atoms with Crippen LogP contribution >= 0.6 is 0 Å². The van der Waals surface area contributed by atoms with Gasteiger partial charge < -0.3 is 34.3 Å². The summed E-state index contributed by atoms with van der Waals surface area (Å²) < 4.78 is 8.51. The molecule has 46 heavy (non-hydrogen) atoms. The van der Waals surface area contributed by atoms with Crippen LogP contribution in [0.4, 0.5) is 0 Å². The summed E-state index contributed by atoms with van der Waals surface area (Å²) in [5, 5.41) is 6.88. The number of hydrogen-bond donors (Lipinski definition) is 2. The molecule has 2 heterocycles. The third kappa shape index (κ3) is 6.24. The first-order chi connectivity index (χ1) is 22.0. The Labute approximate surface area is 267 Å². The number of aromatic nitrogens is 2. The van der Waals surface area contributed by atoms with Crippen molar-refractivity contribution in [3.63, 3.8) is 0 Å². The van der Waals surface area contributed by atoms with E-state index in [1.807, 2.05) is 74.4 Å². The summed E-state index contributed by atoms with van der Waals surface area (Å²) in [6.45, 7) is 1.81. The van der Waals surface area contributed by atoms with Crippen molar-refractivity contribution in [1.82, 2.24) is 29.6 Å². The molecule has 3 aromatic carbocycles. The van der Waals surface area contributed by atoms with Gasteiger partial charge in [-0.15, -0.1) is 0 Å². The van der Waals surface area contributed by atoms with Crippen molar-refractivity contribution in [2.45, 2.75) is 6.54 Å². The molecule has 0 aliphatic heterocycles. The summed E-state index contributed by atoms with van der Waals surface area (Å²) in [6.07, 6.45) is 0. The van der Waals surface area contributed by atoms with Gasteiger partial charge in [0, 0.05) is 49.5 Å². The number of aryl methyl sites for hydroxylation is 1. The average Bonchev–Trinajstić information content (AvgIpc) is 3.29. The maximum absolute atomic E-state index is 14.8. The Morgan fingerprint density at radius 3 is 2.04 bits per heavy atom. The predicted molar refractivity (Wildman–Crippen MR) is 182 cm³/mol. The average molecular weight is 625 g/mol. The number of likely N-dealkylation sites (N-methyl/N-ethyl adjacent to an activating group) is 2. The second-order valence-electron chi connectivity index (χ2n) is 11.9. The molecule has 0 bridgehead atoms. The molecule has 2 amide bonds. The van der Waals surface area contributed by atoms with E-state index in [4.69, 9.17) is 4.74 Å². The van der Waals surface area contributed by atoms with Crippen LogP contribution in [0.1, 0.15) is 26.3 Å². The minimum absolute atomic E-state index is 0.0223. The fourth-order valence-electron chi connectivity index (χ4n) is 5.75. The highest BCUT2D eigenvalue weighted by molar-refractivity contribution is 6.16. The van der Waals surface area contributed by atoms with Crippen LogP contribution in [-0.4, -0.2) is 92.2 Å². The molecule has 0 unspecified atom stereocenters. The number of methoxy groups -OCH3 is 1. The first-order valence-corrected chi connectivity index (χ1v) is 15.1. The Balaban J connectivity index is 1.90. The van der Waals surface area contributed by atoms with Gasteiger partial charge in [0.25, 0.3) is 17.4 Å². The van der Waals surface area contributed by atoms with E-state index in [1.165, 1.54) is 10.6 Å². The molecule has 0 saturated carbocycles. The number of carbonyl (C=O) groups is 2. The fraction of sp³-hybridized carbons (Fsp3) is 0.314. The summed E-state index contributed by atoms with van der Waals surface area (Å²) in [6, 6.07) is 17.7. The number of benzene rings is 3. The maximum atomic E-state index is 14.8. The number of hydrogen-bond acceptors (Lipinski definition) is 7. The van der Waals surface area contributed by atoms with E-state index in [-0.39, 0.29) is 39.5 Å². The van der Waals surface area contributed by atoms with Gasteiger partial charge in [0.05, 0.1) is 35.7 Å². The van der Waals surface area contributed by atoms with Crippen molar-refractivity contribution in [2.75, 3.05) is 61.5 Å². The third-order valence-corrected chi connectivity index (χ3v) is 8.13. The Bertz CT molecular complexity index is 2060. The first-order valence-electron chi connectivity index (χ1n) is 15.1. The van der Waals surface area contributed by atoms with Crippen molar-refractivity contribution >= 4 is 44.5 Å². The number of carbonyl (C=O) groups excluding carboxylic acids is 2. The van der Waals surface area contributed by atoms with Crippen molar-refractivity contribution in [3.05, 3.63) is 97.9 Å². The molecule has 11 heteroatoms. The molecule has 2 N–H and O–H groups in total. The topological polar surface area (TPSA) is 118 Å². The SMILES string of the molecule is COc1ccc(Cn2c(=O)c3c(c(=O)c4ccc(C(=O)NCCN(C)C)c(C(=O)NCCN(C)C)c42)c2ccccc2n3C)cc1. The fourth-order valence-corrected chi connectivity index (χ4v) is 5.75. The van der Waals surface area contributed by atoms with Gasteiger partial charge in [-0.1, -0.05) is 30.3 Å². The molecule has 5 aromatic rings. The van der Waals surface area contributed by atoms with Crippen molar-refractivity contribution in [1.29, 1.82) is 0 Å². The van der Waals surface area contributed by atoms with Crippen LogP contribution in [-0.2, 0) is 13.6 Å². The smallest absolute Gasteiger partial charge is 0.276 e. The quantitative estimate of drug-likeness (QED) is 0.232. The van der Waals surface area contributed by atoms with Gasteiger partial charge in [-0.05, 0) is 64.1 Å². The highest BCUT2D eigenvalue weighted by atomic mass is 16.5. The van der Waals surface area contributed by atoms with E-state index < -0.39 is 22.8 Å². The predicted octanol–water partition coefficient (Wildman–Crippen LogP) is 2.65. The lowest BCUT2D eigenvalue weighted by Gasteiger charge is -2.17. The second kappa shape index (κ2) is 13.6. The van der Waals surface area contributed by atoms with Crippen LogP contribution < -0.4 is 26.4 Å². The van der Waals surface area contributed by atoms with Crippen LogP contribution in [0.25, 0.3) is 32.7 Å². The van der Waals surface area contributed by atoms with Gasteiger partial charge in [0.2, 0.25) is 0 Å². The van der Waals surface area contributed by atoms with Crippen molar-refractivity contribution in [2.24, 2.45) is 7.05 Å². The number of ether oxygens (including phenoxy) is 1. The van der Waals surface area contributed by atoms with Crippen LogP contribution in [0.15, 0.2) is 70.3 Å². The number of nitrogens with one attached hydrogen (secondary N) is 2. The Morgan fingerprint density at radius 1 is 0.783 bits per heavy atom. The molecule has 0 fully saturated rings. The molecule has 2 aromatic heterocycles. The van der Waals surface area contributed by atoms with E-state index in [0.29, 0.717) is 37.3 Å². The van der Waals surface area contributed by atoms with Crippen LogP contribution in [0.2, 0.25) is 0 Å². The highest BCUT2D eigenvalue weighted by Gasteiger charge is 2.26. The first kappa shape index (κ1) is 32.4. The summed E-state index contributed by atoms with van der Waals surface area (Å²) in [4.78, 5) is 60.9. The molecule has 0 aliphatic carbocycles. The van der Waals surface area contributed by atoms with Gasteiger partial charge >= 0.3 is 0 Å². The van der Waals surface area contributed by atoms with Gasteiger partial charge in [0.1, 0.15) is 11.3 Å². The molecule has 0 saturated heterocycles. The molecule has 0 atom stereocenters. The Kier molecular flexibility index (Phi) is 9.54. The van der Waals surface area contributed by atoms with Crippen LogP contribution in [0.3, 0.4) is 0 Å². The Hall–Kier alpha value is -5.00. The lowest BCUT2D eigenvalue weighted by atomic mass is 10.0. The second-order valence-corrected chi connectivity index (χ2v) is 11.9. The summed E-state index contributed by atoms with van der Waals surface area (Å²) in [5.74, 6) is -0.373. The molecule has 240 valence electrons. The highest BCUT2D eigenvalue weighted by Crippen LogP contribution is 2.27. The van der Waals surface area contributed by atoms with Gasteiger partial charge in [-0.25, -0.2) is 0 Å². The van der Waals surface area contributed by atoms with Crippen molar-refractivity contribution < 1.29 is 14.3 Å². The summed E-state index contributed by atoms with van der Waals surface area (Å²) in [7, 11) is 10.9. The molecule has 0 radical (unpaired) electrons. The van der Waals surface area contributed by atoms with Gasteiger partial charge in [-0.3, -0.25) is 19.2 Å². The zero-order chi connectivity index (χ0) is 33.1. The standard InChI is InChI=1S/C35H40N6O5/c1-38(2)19-17-36-33(43)25-15-16-26-30(29(25)34(44)37-18-20-39(3)4)41(21-22-11-13-23(46-6)14-12-22)35(45)31-28(32(26)42)24-9-7-8-10-27(24)40(31)5/h7-16H,17-21H2,1-6H3,(H,36,43)(H,37,44). The maximum Gasteiger partial charge on any atom is 0.276 e. The zero-order valence-corrected chi connectivity index (χ0v) is 27.1. The molecular formula is C35H40N6O5. The van der Waals surface area contributed by atoms with Crippen LogP contribution in [0, 0.1) is 0 Å². The van der Waals surface area contributed by atoms with E-state index >= 15 is 0 Å². The lowest BCUT2D eigenvalue weighted by Crippen LogP contribution is -2.36. The third-order valence-electron chi connectivity index (χ3n) is 8.13. The number of para-hydroxylation sites is 1. The van der Waals surface area contributed by atoms with Gasteiger partial charge in [0.15, 0.2) is 5.43 Å². The van der Waals surface area contributed by atoms with E-state index in [1.54, 1.807) is 36.9 Å². The van der Waals surface area contributed by atoms with Gasteiger partial charge in [-0.2, -0.15) is 0 Å². The minimum atomic E-state index is -0.549.